The summed E-state index contributed by atoms with van der Waals surface area (Å²) >= 11 is 0. The summed E-state index contributed by atoms with van der Waals surface area (Å²) in [7, 11) is 0. The zero-order valence-electron chi connectivity index (χ0n) is 14.1. The Hall–Kier alpha value is -2.40. The van der Waals surface area contributed by atoms with E-state index in [-0.39, 0.29) is 18.1 Å². The highest BCUT2D eigenvalue weighted by Gasteiger charge is 2.37. The molecule has 25 heavy (non-hydrogen) atoms. The first kappa shape index (κ1) is 16.1. The van der Waals surface area contributed by atoms with E-state index in [1.165, 1.54) is 6.42 Å². The van der Waals surface area contributed by atoms with Gasteiger partial charge >= 0.3 is 0 Å². The van der Waals surface area contributed by atoms with Crippen molar-refractivity contribution >= 4 is 5.91 Å². The normalized spacial score (nSPS) is 23.0. The first-order valence-electron chi connectivity index (χ1n) is 8.93. The fourth-order valence-electron chi connectivity index (χ4n) is 3.74. The molecule has 1 amide bonds. The number of ether oxygens (including phenoxy) is 2. The van der Waals surface area contributed by atoms with Crippen LogP contribution in [0.3, 0.4) is 0 Å². The predicted octanol–water partition coefficient (Wildman–Crippen LogP) is 3.66. The van der Waals surface area contributed by atoms with Gasteiger partial charge in [0.15, 0.2) is 0 Å². The van der Waals surface area contributed by atoms with Crippen LogP contribution in [-0.4, -0.2) is 41.1 Å². The molecule has 2 aromatic rings. The average molecular weight is 338 g/mol. The van der Waals surface area contributed by atoms with E-state index in [1.54, 1.807) is 18.3 Å². The molecule has 1 aromatic heterocycles. The molecule has 1 saturated carbocycles. The lowest BCUT2D eigenvalue weighted by molar-refractivity contribution is -0.0753. The fraction of sp³-hybridized carbons (Fsp3) is 0.400. The molecular weight excluding hydrogens is 316 g/mol. The number of carbonyl (C=O) groups excluding carboxylic acids is 1. The van der Waals surface area contributed by atoms with Gasteiger partial charge in [0.25, 0.3) is 5.91 Å². The van der Waals surface area contributed by atoms with Crippen molar-refractivity contribution in [2.45, 2.75) is 37.8 Å². The predicted molar refractivity (Wildman–Crippen MR) is 93.8 cm³/mol. The summed E-state index contributed by atoms with van der Waals surface area (Å²) in [5, 5.41) is 0. The number of hydrogen-bond donors (Lipinski definition) is 0. The Bertz CT molecular complexity index is 733. The number of para-hydroxylation sites is 1. The van der Waals surface area contributed by atoms with Gasteiger partial charge in [-0.3, -0.25) is 4.79 Å². The van der Waals surface area contributed by atoms with Gasteiger partial charge in [-0.25, -0.2) is 4.98 Å². The third kappa shape index (κ3) is 3.37. The van der Waals surface area contributed by atoms with Gasteiger partial charge in [0.2, 0.25) is 5.88 Å². The zero-order valence-corrected chi connectivity index (χ0v) is 14.1. The Kier molecular flexibility index (Phi) is 4.65. The van der Waals surface area contributed by atoms with E-state index in [1.807, 2.05) is 35.2 Å². The van der Waals surface area contributed by atoms with Crippen molar-refractivity contribution in [3.05, 3.63) is 54.2 Å². The molecule has 1 aromatic carbocycles. The maximum absolute atomic E-state index is 13.2. The van der Waals surface area contributed by atoms with Crippen molar-refractivity contribution in [1.82, 2.24) is 9.88 Å². The topological polar surface area (TPSA) is 51.7 Å². The molecule has 5 heteroatoms. The quantitative estimate of drug-likeness (QED) is 0.857. The van der Waals surface area contributed by atoms with E-state index in [0.29, 0.717) is 30.3 Å². The van der Waals surface area contributed by atoms with Crippen LogP contribution in [0.2, 0.25) is 0 Å². The lowest BCUT2D eigenvalue weighted by Gasteiger charge is -2.43. The van der Waals surface area contributed by atoms with Crippen LogP contribution in [0.1, 0.15) is 36.0 Å². The second kappa shape index (κ2) is 7.23. The number of hydrogen-bond acceptors (Lipinski definition) is 4. The van der Waals surface area contributed by atoms with Crippen LogP contribution in [0, 0.1) is 0 Å². The summed E-state index contributed by atoms with van der Waals surface area (Å²) in [5.41, 5.74) is 0.512. The van der Waals surface area contributed by atoms with Gasteiger partial charge in [-0.15, -0.1) is 0 Å². The third-order valence-corrected chi connectivity index (χ3v) is 4.95. The van der Waals surface area contributed by atoms with Crippen molar-refractivity contribution < 1.29 is 14.3 Å². The molecular formula is C20H22N2O3. The molecule has 2 atom stereocenters. The van der Waals surface area contributed by atoms with E-state index < -0.39 is 0 Å². The van der Waals surface area contributed by atoms with Crippen LogP contribution >= 0.6 is 0 Å². The highest BCUT2D eigenvalue weighted by molar-refractivity contribution is 5.96. The molecule has 4 rings (SSSR count). The molecule has 2 aliphatic rings. The highest BCUT2D eigenvalue weighted by Crippen LogP contribution is 2.31. The molecule has 2 heterocycles. The first-order valence-corrected chi connectivity index (χ1v) is 8.93. The minimum Gasteiger partial charge on any atom is -0.438 e. The SMILES string of the molecule is O=C(c1cccnc1Oc1ccccc1)N1CCOC2CCCCC21. The van der Waals surface area contributed by atoms with Gasteiger partial charge in [-0.1, -0.05) is 31.0 Å². The second-order valence-electron chi connectivity index (χ2n) is 6.53. The number of morpholine rings is 1. The summed E-state index contributed by atoms with van der Waals surface area (Å²) in [5.74, 6) is 1.02. The molecule has 0 N–H and O–H groups in total. The largest absolute Gasteiger partial charge is 0.438 e. The molecule has 5 nitrogen and oxygen atoms in total. The Balaban J connectivity index is 1.59. The van der Waals surface area contributed by atoms with Gasteiger partial charge in [0.05, 0.1) is 18.8 Å². The molecule has 1 aliphatic carbocycles. The lowest BCUT2D eigenvalue weighted by Crippen LogP contribution is -2.54. The smallest absolute Gasteiger partial charge is 0.259 e. The molecule has 0 spiro atoms. The molecule has 0 bridgehead atoms. The van der Waals surface area contributed by atoms with E-state index in [0.717, 1.165) is 19.3 Å². The summed E-state index contributed by atoms with van der Waals surface area (Å²) in [6.45, 7) is 1.22. The number of rotatable bonds is 3. The average Bonchev–Trinajstić information content (AvgIpc) is 2.68. The molecule has 130 valence electrons. The number of nitrogens with zero attached hydrogens (tertiary/aromatic N) is 2. The number of carbonyl (C=O) groups is 1. The molecule has 0 radical (unpaired) electrons. The summed E-state index contributed by atoms with van der Waals surface area (Å²) in [6, 6.07) is 13.2. The Labute approximate surface area is 147 Å². The highest BCUT2D eigenvalue weighted by atomic mass is 16.5. The molecule has 2 unspecified atom stereocenters. The van der Waals surface area contributed by atoms with E-state index >= 15 is 0 Å². The summed E-state index contributed by atoms with van der Waals surface area (Å²) in [6.07, 6.45) is 6.19. The van der Waals surface area contributed by atoms with E-state index in [2.05, 4.69) is 4.98 Å². The molecule has 2 fully saturated rings. The maximum atomic E-state index is 13.2. The van der Waals surface area contributed by atoms with Gasteiger partial charge in [0, 0.05) is 12.7 Å². The van der Waals surface area contributed by atoms with Crippen LogP contribution in [0.4, 0.5) is 0 Å². The summed E-state index contributed by atoms with van der Waals surface area (Å²) < 4.78 is 11.8. The van der Waals surface area contributed by atoms with Gasteiger partial charge in [0.1, 0.15) is 11.3 Å². The maximum Gasteiger partial charge on any atom is 0.259 e. The van der Waals surface area contributed by atoms with Crippen LogP contribution in [0.25, 0.3) is 0 Å². The molecule has 1 saturated heterocycles. The number of benzene rings is 1. The van der Waals surface area contributed by atoms with Crippen LogP contribution in [0.5, 0.6) is 11.6 Å². The minimum atomic E-state index is -0.0146. The van der Waals surface area contributed by atoms with Crippen molar-refractivity contribution in [1.29, 1.82) is 0 Å². The standard InChI is InChI=1S/C20H22N2O3/c23-20(22-13-14-24-18-11-5-4-10-17(18)22)16-9-6-12-21-19(16)25-15-7-2-1-3-8-15/h1-3,6-9,12,17-18H,4-5,10-11,13-14H2. The van der Waals surface area contributed by atoms with Gasteiger partial charge < -0.3 is 14.4 Å². The lowest BCUT2D eigenvalue weighted by atomic mass is 9.90. The first-order chi connectivity index (χ1) is 12.3. The third-order valence-electron chi connectivity index (χ3n) is 4.95. The zero-order chi connectivity index (χ0) is 17.1. The van der Waals surface area contributed by atoms with E-state index in [4.69, 9.17) is 9.47 Å². The van der Waals surface area contributed by atoms with Crippen LogP contribution < -0.4 is 4.74 Å². The number of fused-ring (bicyclic) bond motifs is 1. The number of pyridine rings is 1. The van der Waals surface area contributed by atoms with E-state index in [9.17, 15) is 4.79 Å². The van der Waals surface area contributed by atoms with Crippen molar-refractivity contribution in [3.8, 4) is 11.6 Å². The summed E-state index contributed by atoms with van der Waals surface area (Å²) in [4.78, 5) is 19.5. The Morgan fingerprint density at radius 1 is 1.12 bits per heavy atom. The second-order valence-corrected chi connectivity index (χ2v) is 6.53. The number of amides is 1. The van der Waals surface area contributed by atoms with Gasteiger partial charge in [-0.2, -0.15) is 0 Å². The molecule has 1 aliphatic heterocycles. The monoisotopic (exact) mass is 338 g/mol. The Morgan fingerprint density at radius 2 is 1.96 bits per heavy atom. The van der Waals surface area contributed by atoms with Crippen molar-refractivity contribution in [2.24, 2.45) is 0 Å². The minimum absolute atomic E-state index is 0.0146. The van der Waals surface area contributed by atoms with Gasteiger partial charge in [-0.05, 0) is 37.1 Å². The van der Waals surface area contributed by atoms with Crippen LogP contribution in [-0.2, 0) is 4.74 Å². The van der Waals surface area contributed by atoms with Crippen LogP contribution in [0.15, 0.2) is 48.7 Å². The Morgan fingerprint density at radius 3 is 2.84 bits per heavy atom. The number of aromatic nitrogens is 1. The fourth-order valence-corrected chi connectivity index (χ4v) is 3.74. The van der Waals surface area contributed by atoms with Crippen molar-refractivity contribution in [2.75, 3.05) is 13.2 Å². The van der Waals surface area contributed by atoms with Crippen molar-refractivity contribution in [3.63, 3.8) is 0 Å².